The van der Waals surface area contributed by atoms with Gasteiger partial charge < -0.3 is 4.52 Å². The van der Waals surface area contributed by atoms with Gasteiger partial charge in [-0.1, -0.05) is 18.2 Å². The van der Waals surface area contributed by atoms with E-state index in [0.717, 1.165) is 0 Å². The van der Waals surface area contributed by atoms with Crippen LogP contribution in [0.15, 0.2) is 30.3 Å². The molecule has 1 aromatic rings. The number of alkyl halides is 3. The van der Waals surface area contributed by atoms with Crippen molar-refractivity contribution in [3.63, 3.8) is 0 Å². The van der Waals surface area contributed by atoms with Gasteiger partial charge in [-0.05, 0) is 12.1 Å². The summed E-state index contributed by atoms with van der Waals surface area (Å²) in [7, 11) is -0.305. The highest BCUT2D eigenvalue weighted by Gasteiger charge is 2.15. The van der Waals surface area contributed by atoms with E-state index >= 15 is 0 Å². The lowest BCUT2D eigenvalue weighted by molar-refractivity contribution is -0.110. The molecule has 78 valence electrons. The van der Waals surface area contributed by atoms with Crippen molar-refractivity contribution >= 4 is 8.69 Å². The number of halogens is 3. The van der Waals surface area contributed by atoms with Crippen LogP contribution in [0.4, 0.5) is 13.2 Å². The van der Waals surface area contributed by atoms with Crippen molar-refractivity contribution in [1.29, 1.82) is 0 Å². The molecule has 0 unspecified atom stereocenters. The van der Waals surface area contributed by atoms with Gasteiger partial charge in [-0.15, -0.1) is 0 Å². The van der Waals surface area contributed by atoms with Crippen molar-refractivity contribution < 1.29 is 22.3 Å². The van der Waals surface area contributed by atoms with Crippen LogP contribution >= 0.6 is 8.69 Å². The van der Waals surface area contributed by atoms with Gasteiger partial charge in [0.2, 0.25) is 0 Å². The molecule has 0 atom stereocenters. The smallest absolute Gasteiger partial charge is 0.395 e. The molecule has 1 aromatic carbocycles. The van der Waals surface area contributed by atoms with Crippen molar-refractivity contribution in [2.24, 2.45) is 0 Å². The van der Waals surface area contributed by atoms with E-state index in [1.54, 1.807) is 12.1 Å². The highest BCUT2D eigenvalue weighted by atomic mass is 31.1. The Morgan fingerprint density at radius 3 is 2.00 bits per heavy atom. The maximum atomic E-state index is 10.4. The average molecular weight is 224 g/mol. The molecule has 6 heteroatoms. The fraction of sp³-hybridized carbons (Fsp3) is 0.250. The van der Waals surface area contributed by atoms with Gasteiger partial charge in [0.05, 0.1) is 0 Å². The van der Waals surface area contributed by atoms with Crippen LogP contribution in [0.2, 0.25) is 0 Å². The summed E-state index contributed by atoms with van der Waals surface area (Å²) >= 11 is 0. The third kappa shape index (κ3) is 10.9. The minimum absolute atomic E-state index is 0.188. The van der Waals surface area contributed by atoms with E-state index in [-0.39, 0.29) is 15.6 Å². The van der Waals surface area contributed by atoms with Gasteiger partial charge in [0.15, 0.2) is 0 Å². The van der Waals surface area contributed by atoms with Crippen LogP contribution in [-0.4, -0.2) is 6.18 Å². The molecule has 0 N–H and O–H groups in total. The predicted molar refractivity (Wildman–Crippen MR) is 46.4 cm³/mol. The Kier molecular flexibility index (Phi) is 5.88. The molecule has 0 bridgehead atoms. The second kappa shape index (κ2) is 6.38. The zero-order valence-corrected chi connectivity index (χ0v) is 8.18. The lowest BCUT2D eigenvalue weighted by Crippen LogP contribution is -1.95. The van der Waals surface area contributed by atoms with Crippen LogP contribution in [0, 0.1) is 0 Å². The zero-order valence-electron chi connectivity index (χ0n) is 7.28. The van der Waals surface area contributed by atoms with Crippen molar-refractivity contribution in [2.45, 2.75) is 13.1 Å². The summed E-state index contributed by atoms with van der Waals surface area (Å²) in [5.74, 6) is 0.620. The molecule has 1 rings (SSSR count). The van der Waals surface area contributed by atoms with Crippen LogP contribution < -0.4 is 4.52 Å². The minimum Gasteiger partial charge on any atom is -0.408 e. The van der Waals surface area contributed by atoms with Crippen molar-refractivity contribution in [2.75, 3.05) is 0 Å². The SMILES string of the molecule is CC(F)(F)F.O=POc1ccccc1. The third-order valence-corrected chi connectivity index (χ3v) is 1.17. The molecule has 0 fully saturated rings. The van der Waals surface area contributed by atoms with Crippen LogP contribution in [0.5, 0.6) is 5.75 Å². The molecule has 0 saturated carbocycles. The third-order valence-electron chi connectivity index (χ3n) is 0.886. The molecule has 0 heterocycles. The second-order valence-electron chi connectivity index (χ2n) is 2.26. The normalized spacial score (nSPS) is 10.3. The number of para-hydroxylation sites is 1. The van der Waals surface area contributed by atoms with E-state index < -0.39 is 6.18 Å². The van der Waals surface area contributed by atoms with Gasteiger partial charge in [-0.2, -0.15) is 13.2 Å². The first-order valence-corrected chi connectivity index (χ1v) is 4.28. The van der Waals surface area contributed by atoms with Crippen LogP contribution in [0.1, 0.15) is 6.92 Å². The van der Waals surface area contributed by atoms with Crippen LogP contribution in [-0.2, 0) is 4.57 Å². The summed E-state index contributed by atoms with van der Waals surface area (Å²) in [6.45, 7) is 0.188. The first-order chi connectivity index (χ1) is 6.43. The van der Waals surface area contributed by atoms with E-state index in [1.165, 1.54) is 0 Å². The Hall–Kier alpha value is -1.09. The zero-order chi connectivity index (χ0) is 11.0. The lowest BCUT2D eigenvalue weighted by Gasteiger charge is -1.90. The number of hydrogen-bond donors (Lipinski definition) is 0. The molecule has 0 saturated heterocycles. The van der Waals surface area contributed by atoms with Gasteiger partial charge in [0, 0.05) is 6.92 Å². The molecule has 0 radical (unpaired) electrons. The van der Waals surface area contributed by atoms with Crippen molar-refractivity contribution in [3.05, 3.63) is 30.3 Å². The summed E-state index contributed by atoms with van der Waals surface area (Å²) < 4.78 is 45.5. The second-order valence-corrected chi connectivity index (χ2v) is 2.59. The Bertz CT molecular complexity index is 255. The molecular formula is C8H8F3O2P. The summed E-state index contributed by atoms with van der Waals surface area (Å²) in [4.78, 5) is 0. The van der Waals surface area contributed by atoms with E-state index in [4.69, 9.17) is 0 Å². The fourth-order valence-electron chi connectivity index (χ4n) is 0.524. The maximum Gasteiger partial charge on any atom is 0.395 e. The molecule has 0 amide bonds. The largest absolute Gasteiger partial charge is 0.408 e. The topological polar surface area (TPSA) is 26.3 Å². The van der Waals surface area contributed by atoms with Crippen molar-refractivity contribution in [3.8, 4) is 5.75 Å². The van der Waals surface area contributed by atoms with E-state index in [0.29, 0.717) is 5.75 Å². The Morgan fingerprint density at radius 2 is 1.64 bits per heavy atom. The van der Waals surface area contributed by atoms with Crippen LogP contribution in [0.25, 0.3) is 0 Å². The summed E-state index contributed by atoms with van der Waals surface area (Å²) in [6, 6.07) is 8.99. The Morgan fingerprint density at radius 1 is 1.21 bits per heavy atom. The Balaban J connectivity index is 0.000000292. The molecule has 0 aliphatic heterocycles. The van der Waals surface area contributed by atoms with E-state index in [2.05, 4.69) is 4.52 Å². The van der Waals surface area contributed by atoms with E-state index in [9.17, 15) is 17.7 Å². The number of hydrogen-bond acceptors (Lipinski definition) is 2. The van der Waals surface area contributed by atoms with Crippen LogP contribution in [0.3, 0.4) is 0 Å². The first-order valence-electron chi connectivity index (χ1n) is 3.55. The highest BCUT2D eigenvalue weighted by molar-refractivity contribution is 7.17. The summed E-state index contributed by atoms with van der Waals surface area (Å²) in [6.07, 6.45) is -4.00. The predicted octanol–water partition coefficient (Wildman–Crippen LogP) is 3.84. The first kappa shape index (κ1) is 12.9. The van der Waals surface area contributed by atoms with Gasteiger partial charge in [-0.25, -0.2) is 4.57 Å². The molecule has 0 aliphatic carbocycles. The standard InChI is InChI=1S/C6H5O2P.C2H3F3/c7-9-8-6-4-2-1-3-5-6;1-2(3,4)5/h1-5H;1H3. The monoisotopic (exact) mass is 224 g/mol. The maximum absolute atomic E-state index is 10.4. The van der Waals surface area contributed by atoms with Gasteiger partial charge in [0.25, 0.3) is 0 Å². The summed E-state index contributed by atoms with van der Waals surface area (Å²) in [5.41, 5.74) is 0. The molecule has 14 heavy (non-hydrogen) atoms. The summed E-state index contributed by atoms with van der Waals surface area (Å²) in [5, 5.41) is 0. The van der Waals surface area contributed by atoms with Gasteiger partial charge in [-0.3, -0.25) is 0 Å². The molecular weight excluding hydrogens is 216 g/mol. The van der Waals surface area contributed by atoms with Gasteiger partial charge in [0.1, 0.15) is 5.75 Å². The Labute approximate surface area is 81.0 Å². The fourth-order valence-corrected chi connectivity index (χ4v) is 0.732. The van der Waals surface area contributed by atoms with Crippen molar-refractivity contribution in [1.82, 2.24) is 0 Å². The van der Waals surface area contributed by atoms with Gasteiger partial charge >= 0.3 is 14.9 Å². The lowest BCUT2D eigenvalue weighted by atomic mass is 10.3. The number of rotatable bonds is 2. The molecule has 0 spiro atoms. The number of benzene rings is 1. The van der Waals surface area contributed by atoms with E-state index in [1.807, 2.05) is 18.2 Å². The quantitative estimate of drug-likeness (QED) is 0.713. The average Bonchev–Trinajstić information content (AvgIpc) is 2.03. The minimum atomic E-state index is -4.00. The molecule has 2 nitrogen and oxygen atoms in total. The molecule has 0 aliphatic rings. The molecule has 0 aromatic heterocycles. The highest BCUT2D eigenvalue weighted by Crippen LogP contribution is 2.12.